The molecule has 0 amide bonds. The third-order valence-electron chi connectivity index (χ3n) is 1.79. The Morgan fingerprint density at radius 3 is 2.71 bits per heavy atom. The minimum atomic E-state index is -4.60. The Kier molecular flexibility index (Phi) is 2.59. The molecule has 17 heavy (non-hydrogen) atoms. The van der Waals surface area contributed by atoms with Crippen molar-refractivity contribution in [3.8, 4) is 6.01 Å². The van der Waals surface area contributed by atoms with E-state index in [1.807, 2.05) is 0 Å². The van der Waals surface area contributed by atoms with Gasteiger partial charge in [0.05, 0.1) is 6.20 Å². The Morgan fingerprint density at radius 1 is 1.41 bits per heavy atom. The predicted octanol–water partition coefficient (Wildman–Crippen LogP) is -0.400. The van der Waals surface area contributed by atoms with Gasteiger partial charge in [0, 0.05) is 14.1 Å². The van der Waals surface area contributed by atoms with Gasteiger partial charge in [0.25, 0.3) is 0 Å². The van der Waals surface area contributed by atoms with Gasteiger partial charge in [0.15, 0.2) is 5.65 Å². The SMILES string of the molecule is CN(C)c1ncc2[nH]c(OS(=O)(=O)O)nc2n1. The third-order valence-corrected chi connectivity index (χ3v) is 2.16. The van der Waals surface area contributed by atoms with E-state index in [2.05, 4.69) is 24.1 Å². The summed E-state index contributed by atoms with van der Waals surface area (Å²) in [5.41, 5.74) is 0.636. The van der Waals surface area contributed by atoms with E-state index in [1.165, 1.54) is 6.20 Å². The van der Waals surface area contributed by atoms with Crippen LogP contribution in [0.2, 0.25) is 0 Å². The molecule has 0 aliphatic heterocycles. The summed E-state index contributed by atoms with van der Waals surface area (Å²) in [6, 6.07) is -0.368. The second-order valence-corrected chi connectivity index (χ2v) is 4.38. The van der Waals surface area contributed by atoms with E-state index in [0.29, 0.717) is 11.5 Å². The maximum atomic E-state index is 10.5. The zero-order valence-corrected chi connectivity index (χ0v) is 9.76. The molecule has 0 aliphatic carbocycles. The van der Waals surface area contributed by atoms with E-state index in [4.69, 9.17) is 4.55 Å². The fourth-order valence-electron chi connectivity index (χ4n) is 1.13. The van der Waals surface area contributed by atoms with Crippen LogP contribution in [0.1, 0.15) is 0 Å². The van der Waals surface area contributed by atoms with Gasteiger partial charge in [-0.1, -0.05) is 0 Å². The molecule has 0 saturated heterocycles. The molecule has 9 nitrogen and oxygen atoms in total. The monoisotopic (exact) mass is 259 g/mol. The van der Waals surface area contributed by atoms with Crippen LogP contribution in [0, 0.1) is 0 Å². The fraction of sp³-hybridized carbons (Fsp3) is 0.286. The normalized spacial score (nSPS) is 11.7. The number of hydrogen-bond donors (Lipinski definition) is 2. The Morgan fingerprint density at radius 2 is 2.12 bits per heavy atom. The number of nitrogens with zero attached hydrogens (tertiary/aromatic N) is 4. The lowest BCUT2D eigenvalue weighted by Crippen LogP contribution is -2.12. The smallest absolute Gasteiger partial charge is 0.347 e. The Labute approximate surface area is 96.4 Å². The molecule has 2 heterocycles. The molecule has 0 unspecified atom stereocenters. The molecule has 92 valence electrons. The first-order valence-electron chi connectivity index (χ1n) is 4.42. The zero-order valence-electron chi connectivity index (χ0n) is 8.95. The van der Waals surface area contributed by atoms with Crippen LogP contribution in [0.25, 0.3) is 11.2 Å². The molecule has 0 fully saturated rings. The van der Waals surface area contributed by atoms with Gasteiger partial charge in [-0.15, -0.1) is 0 Å². The maximum absolute atomic E-state index is 10.5. The highest BCUT2D eigenvalue weighted by atomic mass is 32.3. The van der Waals surface area contributed by atoms with Crippen molar-refractivity contribution in [3.63, 3.8) is 0 Å². The summed E-state index contributed by atoms with van der Waals surface area (Å²) in [5, 5.41) is 0. The van der Waals surface area contributed by atoms with Crippen LogP contribution >= 0.6 is 0 Å². The second-order valence-electron chi connectivity index (χ2n) is 3.35. The van der Waals surface area contributed by atoms with Crippen molar-refractivity contribution in [2.45, 2.75) is 0 Å². The number of rotatable bonds is 3. The first-order valence-corrected chi connectivity index (χ1v) is 5.78. The van der Waals surface area contributed by atoms with Crippen molar-refractivity contribution >= 4 is 27.5 Å². The minimum absolute atomic E-state index is 0.238. The fourth-order valence-corrected chi connectivity index (χ4v) is 1.41. The summed E-state index contributed by atoms with van der Waals surface area (Å²) >= 11 is 0. The number of anilines is 1. The Bertz CT molecular complexity index is 649. The summed E-state index contributed by atoms with van der Waals surface area (Å²) in [5.74, 6) is 0.419. The number of hydrogen-bond acceptors (Lipinski definition) is 7. The lowest BCUT2D eigenvalue weighted by molar-refractivity contribution is 0.376. The molecule has 0 saturated carbocycles. The van der Waals surface area contributed by atoms with Crippen molar-refractivity contribution < 1.29 is 17.2 Å². The third kappa shape index (κ3) is 2.60. The van der Waals surface area contributed by atoms with Crippen molar-refractivity contribution in [2.24, 2.45) is 0 Å². The molecule has 0 spiro atoms. The van der Waals surface area contributed by atoms with E-state index >= 15 is 0 Å². The molecular weight excluding hydrogens is 250 g/mol. The van der Waals surface area contributed by atoms with Crippen LogP contribution in [0.4, 0.5) is 5.95 Å². The van der Waals surface area contributed by atoms with Gasteiger partial charge < -0.3 is 14.1 Å². The van der Waals surface area contributed by atoms with Crippen LogP contribution in [0.5, 0.6) is 6.01 Å². The Hall–Kier alpha value is -1.94. The van der Waals surface area contributed by atoms with E-state index in [0.717, 1.165) is 0 Å². The quantitative estimate of drug-likeness (QED) is 0.714. The van der Waals surface area contributed by atoms with Gasteiger partial charge >= 0.3 is 16.4 Å². The highest BCUT2D eigenvalue weighted by Gasteiger charge is 2.13. The van der Waals surface area contributed by atoms with Crippen molar-refractivity contribution in [1.82, 2.24) is 19.9 Å². The van der Waals surface area contributed by atoms with Gasteiger partial charge in [0.1, 0.15) is 5.52 Å². The number of aromatic nitrogens is 4. The molecule has 10 heteroatoms. The molecule has 0 atom stereocenters. The lowest BCUT2D eigenvalue weighted by Gasteiger charge is -2.07. The van der Waals surface area contributed by atoms with Crippen LogP contribution in [-0.2, 0) is 10.4 Å². The number of fused-ring (bicyclic) bond motifs is 1. The highest BCUT2D eigenvalue weighted by Crippen LogP contribution is 2.16. The summed E-state index contributed by atoms with van der Waals surface area (Å²) in [4.78, 5) is 15.9. The van der Waals surface area contributed by atoms with Gasteiger partial charge in [-0.05, 0) is 0 Å². The highest BCUT2D eigenvalue weighted by molar-refractivity contribution is 7.81. The average molecular weight is 259 g/mol. The van der Waals surface area contributed by atoms with Crippen LogP contribution in [0.3, 0.4) is 0 Å². The van der Waals surface area contributed by atoms with E-state index < -0.39 is 10.4 Å². The molecule has 0 bridgehead atoms. The summed E-state index contributed by atoms with van der Waals surface area (Å²) < 4.78 is 33.6. The van der Waals surface area contributed by atoms with Crippen molar-refractivity contribution in [3.05, 3.63) is 6.20 Å². The number of imidazole rings is 1. The molecule has 2 N–H and O–H groups in total. The van der Waals surface area contributed by atoms with E-state index in [-0.39, 0.29) is 11.7 Å². The molecular formula is C7H9N5O4S. The van der Waals surface area contributed by atoms with Crippen LogP contribution < -0.4 is 9.08 Å². The summed E-state index contributed by atoms with van der Waals surface area (Å²) in [6.45, 7) is 0. The molecule has 2 aromatic rings. The summed E-state index contributed by atoms with van der Waals surface area (Å²) in [7, 11) is -1.10. The van der Waals surface area contributed by atoms with Crippen molar-refractivity contribution in [2.75, 3.05) is 19.0 Å². The average Bonchev–Trinajstić information content (AvgIpc) is 2.54. The van der Waals surface area contributed by atoms with Gasteiger partial charge in [0.2, 0.25) is 5.95 Å². The topological polar surface area (TPSA) is 121 Å². The number of H-pyrrole nitrogens is 1. The molecule has 2 aromatic heterocycles. The molecule has 0 radical (unpaired) electrons. The number of nitrogens with one attached hydrogen (secondary N) is 1. The van der Waals surface area contributed by atoms with E-state index in [9.17, 15) is 8.42 Å². The molecule has 0 aromatic carbocycles. The zero-order chi connectivity index (χ0) is 12.6. The first kappa shape index (κ1) is 11.5. The van der Waals surface area contributed by atoms with Crippen molar-refractivity contribution in [1.29, 1.82) is 0 Å². The van der Waals surface area contributed by atoms with Crippen LogP contribution in [-0.4, -0.2) is 47.0 Å². The van der Waals surface area contributed by atoms with Gasteiger partial charge in [-0.25, -0.2) is 4.98 Å². The van der Waals surface area contributed by atoms with E-state index in [1.54, 1.807) is 19.0 Å². The largest absolute Gasteiger partial charge is 0.449 e. The maximum Gasteiger partial charge on any atom is 0.449 e. The summed E-state index contributed by atoms with van der Waals surface area (Å²) in [6.07, 6.45) is 1.43. The Balaban J connectivity index is 2.44. The predicted molar refractivity (Wildman–Crippen MR) is 58.2 cm³/mol. The van der Waals surface area contributed by atoms with Crippen LogP contribution in [0.15, 0.2) is 6.20 Å². The second kappa shape index (κ2) is 3.82. The number of aromatic amines is 1. The molecule has 0 aliphatic rings. The minimum Gasteiger partial charge on any atom is -0.347 e. The lowest BCUT2D eigenvalue weighted by atomic mass is 10.5. The van der Waals surface area contributed by atoms with Gasteiger partial charge in [-0.2, -0.15) is 18.4 Å². The van der Waals surface area contributed by atoms with Gasteiger partial charge in [-0.3, -0.25) is 4.55 Å². The molecule has 2 rings (SSSR count). The standard InChI is InChI=1S/C7H9N5O4S/c1-12(2)6-8-3-4-5(10-6)11-7(9-4)16-17(13,14)15/h3H,1-2H3,(H,13,14,15)(H,8,9,10,11). The first-order chi connectivity index (χ1) is 7.85.